The number of fused-ring (bicyclic) bond motifs is 1. The first-order valence-electron chi connectivity index (χ1n) is 5.77. The molecule has 3 aromatic rings. The summed E-state index contributed by atoms with van der Waals surface area (Å²) in [6, 6.07) is 11.8. The molecule has 0 radical (unpaired) electrons. The van der Waals surface area contributed by atoms with Crippen LogP contribution in [-0.4, -0.2) is 11.1 Å². The maximum atomic E-state index is 11.3. The van der Waals surface area contributed by atoms with Gasteiger partial charge in [0, 0.05) is 16.0 Å². The van der Waals surface area contributed by atoms with Crippen molar-refractivity contribution in [3.05, 3.63) is 58.1 Å². The summed E-state index contributed by atoms with van der Waals surface area (Å²) in [4.78, 5) is 11.3. The van der Waals surface area contributed by atoms with E-state index in [-0.39, 0.29) is 5.56 Å². The first kappa shape index (κ1) is 13.0. The van der Waals surface area contributed by atoms with Gasteiger partial charge in [-0.05, 0) is 30.3 Å². The molecule has 0 fully saturated rings. The quantitative estimate of drug-likeness (QED) is 0.716. The van der Waals surface area contributed by atoms with Crippen LogP contribution in [0.5, 0.6) is 0 Å². The first-order chi connectivity index (χ1) is 9.56. The van der Waals surface area contributed by atoms with Gasteiger partial charge in [-0.25, -0.2) is 4.79 Å². The normalized spacial score (nSPS) is 10.9. The van der Waals surface area contributed by atoms with Crippen LogP contribution in [0.3, 0.4) is 0 Å². The standard InChI is InChI=1S/C15H8Cl2O3/c16-9-4-5-10(11(7-9)15(18)19)13-6-8-2-1-3-12(17)14(8)20-13/h1-7H,(H,18,19). The molecule has 0 atom stereocenters. The number of carbonyl (C=O) groups is 1. The SMILES string of the molecule is O=C(O)c1cc(Cl)ccc1-c1cc2cccc(Cl)c2o1. The van der Waals surface area contributed by atoms with E-state index >= 15 is 0 Å². The highest BCUT2D eigenvalue weighted by atomic mass is 35.5. The molecule has 3 nitrogen and oxygen atoms in total. The Bertz CT molecular complexity index is 821. The summed E-state index contributed by atoms with van der Waals surface area (Å²) in [6.07, 6.45) is 0. The monoisotopic (exact) mass is 306 g/mol. The molecule has 2 aromatic carbocycles. The number of furan rings is 1. The number of rotatable bonds is 2. The molecule has 5 heteroatoms. The Morgan fingerprint density at radius 3 is 2.60 bits per heavy atom. The summed E-state index contributed by atoms with van der Waals surface area (Å²) in [5.74, 6) is -0.615. The molecule has 0 unspecified atom stereocenters. The fourth-order valence-electron chi connectivity index (χ4n) is 2.07. The summed E-state index contributed by atoms with van der Waals surface area (Å²) in [6.45, 7) is 0. The molecule has 0 saturated carbocycles. The number of carboxylic acid groups (broad SMARTS) is 1. The predicted molar refractivity (Wildman–Crippen MR) is 78.6 cm³/mol. The van der Waals surface area contributed by atoms with Crippen LogP contribution in [0, 0.1) is 0 Å². The lowest BCUT2D eigenvalue weighted by Gasteiger charge is -2.03. The van der Waals surface area contributed by atoms with Crippen LogP contribution in [0.1, 0.15) is 10.4 Å². The zero-order valence-corrected chi connectivity index (χ0v) is 11.6. The average molecular weight is 307 g/mol. The van der Waals surface area contributed by atoms with Gasteiger partial charge in [0.15, 0.2) is 5.58 Å². The molecule has 1 heterocycles. The Morgan fingerprint density at radius 2 is 1.90 bits per heavy atom. The topological polar surface area (TPSA) is 50.4 Å². The smallest absolute Gasteiger partial charge is 0.336 e. The van der Waals surface area contributed by atoms with E-state index in [9.17, 15) is 9.90 Å². The highest BCUT2D eigenvalue weighted by molar-refractivity contribution is 6.35. The minimum atomic E-state index is -1.06. The van der Waals surface area contributed by atoms with Crippen LogP contribution in [0.25, 0.3) is 22.3 Å². The van der Waals surface area contributed by atoms with Gasteiger partial charge in [0.1, 0.15) is 5.76 Å². The maximum Gasteiger partial charge on any atom is 0.336 e. The molecule has 0 bridgehead atoms. The molecule has 0 saturated heterocycles. The van der Waals surface area contributed by atoms with Gasteiger partial charge >= 0.3 is 5.97 Å². The second-order valence-corrected chi connectivity index (χ2v) is 5.11. The van der Waals surface area contributed by atoms with Gasteiger partial charge in [-0.15, -0.1) is 0 Å². The van der Waals surface area contributed by atoms with Crippen molar-refractivity contribution in [1.82, 2.24) is 0 Å². The van der Waals surface area contributed by atoms with Crippen LogP contribution < -0.4 is 0 Å². The average Bonchev–Trinajstić information content (AvgIpc) is 2.84. The van der Waals surface area contributed by atoms with Crippen molar-refractivity contribution in [3.63, 3.8) is 0 Å². The molecule has 0 aliphatic heterocycles. The summed E-state index contributed by atoms with van der Waals surface area (Å²) in [5.41, 5.74) is 1.09. The summed E-state index contributed by atoms with van der Waals surface area (Å²) in [5, 5.41) is 10.9. The van der Waals surface area contributed by atoms with Crippen molar-refractivity contribution in [2.24, 2.45) is 0 Å². The van der Waals surface area contributed by atoms with Gasteiger partial charge in [-0.3, -0.25) is 0 Å². The van der Waals surface area contributed by atoms with Crippen LogP contribution in [0.4, 0.5) is 0 Å². The Labute approximate surface area is 124 Å². The Morgan fingerprint density at radius 1 is 1.10 bits per heavy atom. The lowest BCUT2D eigenvalue weighted by Crippen LogP contribution is -1.98. The van der Waals surface area contributed by atoms with Crippen LogP contribution in [0.2, 0.25) is 10.0 Å². The maximum absolute atomic E-state index is 11.3. The molecule has 0 amide bonds. The number of halogens is 2. The number of benzene rings is 2. The molecule has 0 spiro atoms. The third-order valence-electron chi connectivity index (χ3n) is 2.97. The van der Waals surface area contributed by atoms with Crippen LogP contribution in [0.15, 0.2) is 46.9 Å². The molecule has 1 N–H and O–H groups in total. The largest absolute Gasteiger partial charge is 0.478 e. The van der Waals surface area contributed by atoms with E-state index in [0.717, 1.165) is 5.39 Å². The van der Waals surface area contributed by atoms with Crippen molar-refractivity contribution in [3.8, 4) is 11.3 Å². The number of aromatic carboxylic acids is 1. The Kier molecular flexibility index (Phi) is 3.16. The van der Waals surface area contributed by atoms with Gasteiger partial charge in [0.05, 0.1) is 10.6 Å². The second-order valence-electron chi connectivity index (χ2n) is 4.26. The highest BCUT2D eigenvalue weighted by Gasteiger charge is 2.16. The predicted octanol–water partition coefficient (Wildman–Crippen LogP) is 5.10. The van der Waals surface area contributed by atoms with Gasteiger partial charge in [-0.2, -0.15) is 0 Å². The molecule has 0 aliphatic carbocycles. The van der Waals surface area contributed by atoms with E-state index in [1.165, 1.54) is 6.07 Å². The van der Waals surface area contributed by atoms with E-state index in [4.69, 9.17) is 27.6 Å². The summed E-state index contributed by atoms with van der Waals surface area (Å²) in [7, 11) is 0. The van der Waals surface area contributed by atoms with Crippen molar-refractivity contribution in [2.45, 2.75) is 0 Å². The molecule has 20 heavy (non-hydrogen) atoms. The lowest BCUT2D eigenvalue weighted by atomic mass is 10.1. The molecule has 3 rings (SSSR count). The second kappa shape index (κ2) is 4.85. The fourth-order valence-corrected chi connectivity index (χ4v) is 2.46. The Hall–Kier alpha value is -1.97. The molecule has 1 aromatic heterocycles. The number of hydrogen-bond acceptors (Lipinski definition) is 2. The minimum absolute atomic E-state index is 0.0904. The third-order valence-corrected chi connectivity index (χ3v) is 3.51. The van der Waals surface area contributed by atoms with Gasteiger partial charge < -0.3 is 9.52 Å². The molecular weight excluding hydrogens is 299 g/mol. The third kappa shape index (κ3) is 2.15. The van der Waals surface area contributed by atoms with Gasteiger partial charge in [0.25, 0.3) is 0 Å². The zero-order valence-electron chi connectivity index (χ0n) is 10.1. The van der Waals surface area contributed by atoms with Crippen LogP contribution in [-0.2, 0) is 0 Å². The van der Waals surface area contributed by atoms with Crippen molar-refractivity contribution < 1.29 is 14.3 Å². The zero-order chi connectivity index (χ0) is 14.3. The van der Waals surface area contributed by atoms with E-state index in [2.05, 4.69) is 0 Å². The minimum Gasteiger partial charge on any atom is -0.478 e. The number of hydrogen-bond donors (Lipinski definition) is 1. The van der Waals surface area contributed by atoms with Crippen molar-refractivity contribution in [1.29, 1.82) is 0 Å². The van der Waals surface area contributed by atoms with Crippen molar-refractivity contribution >= 4 is 40.1 Å². The van der Waals surface area contributed by atoms with E-state index < -0.39 is 5.97 Å². The highest BCUT2D eigenvalue weighted by Crippen LogP contribution is 2.34. The van der Waals surface area contributed by atoms with E-state index in [1.54, 1.807) is 24.3 Å². The van der Waals surface area contributed by atoms with E-state index in [1.807, 2.05) is 12.1 Å². The summed E-state index contributed by atoms with van der Waals surface area (Å²) >= 11 is 11.9. The molecule has 100 valence electrons. The van der Waals surface area contributed by atoms with Crippen molar-refractivity contribution in [2.75, 3.05) is 0 Å². The lowest BCUT2D eigenvalue weighted by molar-refractivity contribution is 0.0697. The van der Waals surface area contributed by atoms with Gasteiger partial charge in [0.2, 0.25) is 0 Å². The number of carboxylic acids is 1. The number of para-hydroxylation sites is 1. The fraction of sp³-hybridized carbons (Fsp3) is 0. The van der Waals surface area contributed by atoms with Gasteiger partial charge in [-0.1, -0.05) is 35.3 Å². The first-order valence-corrected chi connectivity index (χ1v) is 6.53. The molecule has 0 aliphatic rings. The summed E-state index contributed by atoms with van der Waals surface area (Å²) < 4.78 is 5.68. The Balaban J connectivity index is 2.25. The van der Waals surface area contributed by atoms with Crippen LogP contribution >= 0.6 is 23.2 Å². The molecular formula is C15H8Cl2O3. The van der Waals surface area contributed by atoms with E-state index in [0.29, 0.717) is 27.0 Å².